The lowest BCUT2D eigenvalue weighted by Crippen LogP contribution is -2.48. The normalized spacial score (nSPS) is 20.5. The van der Waals surface area contributed by atoms with E-state index in [0.29, 0.717) is 29.9 Å². The van der Waals surface area contributed by atoms with Crippen LogP contribution in [0.2, 0.25) is 0 Å². The van der Waals surface area contributed by atoms with Gasteiger partial charge < -0.3 is 15.2 Å². The molecule has 2 N–H and O–H groups in total. The molecule has 2 heterocycles. The molecule has 1 amide bonds. The highest BCUT2D eigenvalue weighted by Crippen LogP contribution is 2.30. The first-order chi connectivity index (χ1) is 11.0. The molecule has 1 unspecified atom stereocenters. The second-order valence-electron chi connectivity index (χ2n) is 5.66. The summed E-state index contributed by atoms with van der Waals surface area (Å²) in [5, 5.41) is 12.9. The second-order valence-corrected chi connectivity index (χ2v) is 6.75. The summed E-state index contributed by atoms with van der Waals surface area (Å²) in [5.41, 5.74) is -0.201. The van der Waals surface area contributed by atoms with Gasteiger partial charge in [0.05, 0.1) is 22.6 Å². The summed E-state index contributed by atoms with van der Waals surface area (Å²) in [6.07, 6.45) is 3.17. The first-order valence-electron chi connectivity index (χ1n) is 7.32. The molecule has 0 spiro atoms. The van der Waals surface area contributed by atoms with Crippen LogP contribution in [0.15, 0.2) is 36.9 Å². The second kappa shape index (κ2) is 6.14. The highest BCUT2D eigenvalue weighted by atomic mass is 32.1. The molecule has 1 aromatic heterocycles. The van der Waals surface area contributed by atoms with Crippen molar-refractivity contribution in [1.82, 2.24) is 5.32 Å². The summed E-state index contributed by atoms with van der Waals surface area (Å²) in [6, 6.07) is 6.70. The van der Waals surface area contributed by atoms with E-state index in [0.717, 1.165) is 11.1 Å². The lowest BCUT2D eigenvalue weighted by atomic mass is 9.94. The zero-order valence-corrected chi connectivity index (χ0v) is 13.3. The molecule has 6 heteroatoms. The molecule has 1 aliphatic heterocycles. The fraction of sp³-hybridized carbons (Fsp3) is 0.294. The zero-order valence-electron chi connectivity index (χ0n) is 12.5. The van der Waals surface area contributed by atoms with Crippen molar-refractivity contribution in [1.29, 1.82) is 0 Å². The van der Waals surface area contributed by atoms with Crippen LogP contribution in [0.5, 0.6) is 0 Å². The minimum Gasteiger partial charge on any atom is -0.478 e. The summed E-state index contributed by atoms with van der Waals surface area (Å²) in [6.45, 7) is 4.83. The zero-order chi connectivity index (χ0) is 16.4. The smallest absolute Gasteiger partial charge is 0.336 e. The topological polar surface area (TPSA) is 75.6 Å². The summed E-state index contributed by atoms with van der Waals surface area (Å²) in [4.78, 5) is 24.4. The molecule has 0 saturated carbocycles. The number of carbonyl (C=O) groups excluding carboxylic acids is 1. The molecule has 1 aliphatic rings. The number of ether oxygens (including phenoxy) is 1. The van der Waals surface area contributed by atoms with Gasteiger partial charge in [-0.2, -0.15) is 0 Å². The summed E-state index contributed by atoms with van der Waals surface area (Å²) in [7, 11) is 0. The number of hydrogen-bond donors (Lipinski definition) is 2. The molecule has 0 radical (unpaired) electrons. The molecule has 3 rings (SSSR count). The molecule has 23 heavy (non-hydrogen) atoms. The summed E-state index contributed by atoms with van der Waals surface area (Å²) < 4.78 is 6.21. The minimum atomic E-state index is -0.993. The largest absolute Gasteiger partial charge is 0.478 e. The van der Waals surface area contributed by atoms with Gasteiger partial charge in [0.1, 0.15) is 0 Å². The molecule has 0 aliphatic carbocycles. The third-order valence-corrected chi connectivity index (χ3v) is 5.13. The van der Waals surface area contributed by atoms with Crippen molar-refractivity contribution in [2.45, 2.75) is 18.4 Å². The van der Waals surface area contributed by atoms with Crippen LogP contribution in [-0.4, -0.2) is 35.7 Å². The number of carboxylic acids is 1. The van der Waals surface area contributed by atoms with Crippen LogP contribution in [0.25, 0.3) is 10.1 Å². The van der Waals surface area contributed by atoms with Crippen molar-refractivity contribution >= 4 is 33.3 Å². The lowest BCUT2D eigenvalue weighted by Gasteiger charge is -2.27. The van der Waals surface area contributed by atoms with Crippen molar-refractivity contribution in [3.8, 4) is 0 Å². The number of aromatic carboxylic acids is 1. The molecular weight excluding hydrogens is 314 g/mol. The highest BCUT2D eigenvalue weighted by Gasteiger charge is 2.35. The number of carboxylic acid groups (broad SMARTS) is 1. The average molecular weight is 331 g/mol. The average Bonchev–Trinajstić information content (AvgIpc) is 3.13. The number of benzene rings is 1. The maximum Gasteiger partial charge on any atom is 0.336 e. The van der Waals surface area contributed by atoms with E-state index < -0.39 is 11.5 Å². The Hall–Kier alpha value is -2.18. The summed E-state index contributed by atoms with van der Waals surface area (Å²) in [5.74, 6) is -1.19. The van der Waals surface area contributed by atoms with Gasteiger partial charge in [0.25, 0.3) is 5.91 Å². The molecular formula is C17H17NO4S. The number of rotatable bonds is 5. The number of carbonyl (C=O) groups is 2. The number of nitrogens with one attached hydrogen (secondary N) is 1. The standard InChI is InChI=1S/C17H17NO4S/c1-2-6-17(7-8-22-10-17)18-15(19)14-9-12-11(16(20)21)4-3-5-13(12)23-14/h2-5,9H,1,6-8,10H2,(H,18,19)(H,20,21). The van der Waals surface area contributed by atoms with E-state index in [1.165, 1.54) is 11.3 Å². The van der Waals surface area contributed by atoms with Crippen LogP contribution in [0.4, 0.5) is 0 Å². The first-order valence-corrected chi connectivity index (χ1v) is 8.13. The molecule has 1 aromatic carbocycles. The Bertz CT molecular complexity index is 774. The number of thiophene rings is 1. The molecule has 1 saturated heterocycles. The molecule has 1 fully saturated rings. The Morgan fingerprint density at radius 3 is 2.96 bits per heavy atom. The van der Waals surface area contributed by atoms with Crippen LogP contribution in [0.3, 0.4) is 0 Å². The quantitative estimate of drug-likeness (QED) is 0.826. The van der Waals surface area contributed by atoms with Crippen LogP contribution in [0.1, 0.15) is 32.9 Å². The van der Waals surface area contributed by atoms with E-state index in [-0.39, 0.29) is 11.5 Å². The van der Waals surface area contributed by atoms with E-state index in [2.05, 4.69) is 11.9 Å². The van der Waals surface area contributed by atoms with E-state index in [9.17, 15) is 14.7 Å². The highest BCUT2D eigenvalue weighted by molar-refractivity contribution is 7.20. The molecule has 5 nitrogen and oxygen atoms in total. The van der Waals surface area contributed by atoms with Gasteiger partial charge in [-0.15, -0.1) is 17.9 Å². The predicted molar refractivity (Wildman–Crippen MR) is 89.2 cm³/mol. The van der Waals surface area contributed by atoms with Gasteiger partial charge in [0, 0.05) is 16.7 Å². The number of hydrogen-bond acceptors (Lipinski definition) is 4. The third kappa shape index (κ3) is 3.00. The van der Waals surface area contributed by atoms with Gasteiger partial charge in [-0.3, -0.25) is 4.79 Å². The van der Waals surface area contributed by atoms with Crippen LogP contribution < -0.4 is 5.32 Å². The van der Waals surface area contributed by atoms with Crippen molar-refractivity contribution < 1.29 is 19.4 Å². The Morgan fingerprint density at radius 2 is 2.30 bits per heavy atom. The van der Waals surface area contributed by atoms with Crippen LogP contribution in [-0.2, 0) is 4.74 Å². The predicted octanol–water partition coefficient (Wildman–Crippen LogP) is 3.06. The monoisotopic (exact) mass is 331 g/mol. The number of fused-ring (bicyclic) bond motifs is 1. The van der Waals surface area contributed by atoms with Crippen LogP contribution >= 0.6 is 11.3 Å². The van der Waals surface area contributed by atoms with Gasteiger partial charge in [-0.25, -0.2) is 4.79 Å². The maximum atomic E-state index is 12.6. The Kier molecular flexibility index (Phi) is 4.19. The van der Waals surface area contributed by atoms with Crippen molar-refractivity contribution in [2.24, 2.45) is 0 Å². The third-order valence-electron chi connectivity index (χ3n) is 4.03. The summed E-state index contributed by atoms with van der Waals surface area (Å²) >= 11 is 1.30. The molecule has 1 atom stereocenters. The van der Waals surface area contributed by atoms with E-state index in [1.54, 1.807) is 24.3 Å². The van der Waals surface area contributed by atoms with E-state index >= 15 is 0 Å². The molecule has 2 aromatic rings. The molecule has 0 bridgehead atoms. The number of amides is 1. The van der Waals surface area contributed by atoms with Gasteiger partial charge in [-0.1, -0.05) is 12.1 Å². The minimum absolute atomic E-state index is 0.199. The fourth-order valence-electron chi connectivity index (χ4n) is 2.86. The van der Waals surface area contributed by atoms with Crippen LogP contribution in [0, 0.1) is 0 Å². The van der Waals surface area contributed by atoms with Gasteiger partial charge >= 0.3 is 5.97 Å². The Morgan fingerprint density at radius 1 is 1.48 bits per heavy atom. The van der Waals surface area contributed by atoms with Crippen molar-refractivity contribution in [3.63, 3.8) is 0 Å². The molecule has 120 valence electrons. The lowest BCUT2D eigenvalue weighted by molar-refractivity contribution is 0.0698. The van der Waals surface area contributed by atoms with E-state index in [4.69, 9.17) is 4.74 Å². The maximum absolute atomic E-state index is 12.6. The Labute approximate surface area is 137 Å². The fourth-order valence-corrected chi connectivity index (χ4v) is 3.84. The first kappa shape index (κ1) is 15.7. The van der Waals surface area contributed by atoms with Gasteiger partial charge in [-0.05, 0) is 31.0 Å². The Balaban J connectivity index is 1.90. The van der Waals surface area contributed by atoms with Crippen molar-refractivity contribution in [3.05, 3.63) is 47.4 Å². The van der Waals surface area contributed by atoms with E-state index in [1.807, 2.05) is 6.07 Å². The van der Waals surface area contributed by atoms with Crippen molar-refractivity contribution in [2.75, 3.05) is 13.2 Å². The van der Waals surface area contributed by atoms with Gasteiger partial charge in [0.2, 0.25) is 0 Å². The van der Waals surface area contributed by atoms with Gasteiger partial charge in [0.15, 0.2) is 0 Å². The SMILES string of the molecule is C=CCC1(NC(=O)c2cc3c(C(=O)O)cccc3s2)CCOC1.